The van der Waals surface area contributed by atoms with Gasteiger partial charge in [-0.3, -0.25) is 18.6 Å². The lowest BCUT2D eigenvalue weighted by atomic mass is 10.1. The van der Waals surface area contributed by atoms with E-state index < -0.39 is 32.5 Å². The van der Waals surface area contributed by atoms with Crippen molar-refractivity contribution in [3.05, 3.63) is 12.2 Å². The van der Waals surface area contributed by atoms with Gasteiger partial charge in [0.05, 0.1) is 13.2 Å². The molecule has 0 heterocycles. The molecule has 0 aromatic rings. The molecule has 0 amide bonds. The lowest BCUT2D eigenvalue weighted by Gasteiger charge is -2.19. The molecule has 0 aliphatic carbocycles. The van der Waals surface area contributed by atoms with Crippen LogP contribution in [0.3, 0.4) is 0 Å². The van der Waals surface area contributed by atoms with Gasteiger partial charge < -0.3 is 20.1 Å². The number of ether oxygens (including phenoxy) is 2. The van der Waals surface area contributed by atoms with Crippen molar-refractivity contribution in [2.45, 2.75) is 161 Å². The molecule has 0 rings (SSSR count). The smallest absolute Gasteiger partial charge is 0.462 e. The normalized spacial score (nSPS) is 13.7. The van der Waals surface area contributed by atoms with Crippen LogP contribution in [0.1, 0.15) is 155 Å². The van der Waals surface area contributed by atoms with Crippen molar-refractivity contribution in [3.63, 3.8) is 0 Å². The summed E-state index contributed by atoms with van der Waals surface area (Å²) in [5, 5.41) is 0. The maximum Gasteiger partial charge on any atom is 0.472 e. The Bertz CT molecular complexity index is 734. The highest BCUT2D eigenvalue weighted by molar-refractivity contribution is 7.47. The maximum absolute atomic E-state index is 12.4. The number of rotatable bonds is 32. The van der Waals surface area contributed by atoms with Gasteiger partial charge in [0.2, 0.25) is 0 Å². The van der Waals surface area contributed by atoms with Gasteiger partial charge in [-0.1, -0.05) is 116 Å². The van der Waals surface area contributed by atoms with Gasteiger partial charge in [0.1, 0.15) is 6.61 Å². The SMILES string of the molecule is CCCCCCCCC/C=C\CCCCCCCCCC(=O)OC(COC(=O)CCCCCC)COP(=O)(O)OCCN. The first-order valence-electron chi connectivity index (χ1n) is 17.2. The Labute approximate surface area is 262 Å². The molecule has 0 radical (unpaired) electrons. The van der Waals surface area contributed by atoms with E-state index in [-0.39, 0.29) is 32.6 Å². The van der Waals surface area contributed by atoms with Crippen LogP contribution in [0.5, 0.6) is 0 Å². The number of esters is 2. The van der Waals surface area contributed by atoms with Crippen LogP contribution in [0, 0.1) is 0 Å². The Morgan fingerprint density at radius 2 is 1.14 bits per heavy atom. The third-order valence-corrected chi connectivity index (χ3v) is 8.14. The third kappa shape index (κ3) is 30.6. The van der Waals surface area contributed by atoms with E-state index in [2.05, 4.69) is 26.0 Å². The van der Waals surface area contributed by atoms with Crippen molar-refractivity contribution in [3.8, 4) is 0 Å². The highest BCUT2D eigenvalue weighted by Gasteiger charge is 2.25. The van der Waals surface area contributed by atoms with Gasteiger partial charge in [-0.15, -0.1) is 0 Å². The molecular formula is C33H64NO8P. The number of phosphoric ester groups is 1. The molecule has 0 aliphatic rings. The standard InChI is InChI=1S/C33H64NO8P/c1-3-5-7-9-10-11-12-13-14-15-16-17-18-19-20-21-22-24-26-33(36)42-31(30-41-43(37,38)40-28-27-34)29-39-32(35)25-23-8-6-4-2/h14-15,31H,3-13,16-30,34H2,1-2H3,(H,37,38)/b15-14-. The summed E-state index contributed by atoms with van der Waals surface area (Å²) < 4.78 is 32.3. The van der Waals surface area contributed by atoms with Gasteiger partial charge in [-0.2, -0.15) is 0 Å². The van der Waals surface area contributed by atoms with E-state index >= 15 is 0 Å². The number of allylic oxidation sites excluding steroid dienone is 2. The predicted molar refractivity (Wildman–Crippen MR) is 174 cm³/mol. The van der Waals surface area contributed by atoms with E-state index in [0.717, 1.165) is 51.4 Å². The second kappa shape index (κ2) is 30.8. The summed E-state index contributed by atoms with van der Waals surface area (Å²) >= 11 is 0. The average molecular weight is 634 g/mol. The molecule has 0 aliphatic heterocycles. The van der Waals surface area contributed by atoms with E-state index in [9.17, 15) is 19.0 Å². The fourth-order valence-corrected chi connectivity index (χ4v) is 5.33. The zero-order valence-electron chi connectivity index (χ0n) is 27.4. The fraction of sp³-hybridized carbons (Fsp3) is 0.879. The number of hydrogen-bond acceptors (Lipinski definition) is 8. The third-order valence-electron chi connectivity index (χ3n) is 7.15. The highest BCUT2D eigenvalue weighted by Crippen LogP contribution is 2.43. The average Bonchev–Trinajstić information content (AvgIpc) is 2.99. The summed E-state index contributed by atoms with van der Waals surface area (Å²) in [5.74, 6) is -0.852. The number of carbonyl (C=O) groups excluding carboxylic acids is 2. The van der Waals surface area contributed by atoms with Gasteiger partial charge >= 0.3 is 19.8 Å². The quantitative estimate of drug-likeness (QED) is 0.0323. The molecule has 0 saturated heterocycles. The first kappa shape index (κ1) is 41.8. The largest absolute Gasteiger partial charge is 0.472 e. The molecule has 0 spiro atoms. The van der Waals surface area contributed by atoms with Gasteiger partial charge in [0, 0.05) is 19.4 Å². The Hall–Kier alpha value is -1.25. The van der Waals surface area contributed by atoms with Crippen molar-refractivity contribution in [2.24, 2.45) is 5.73 Å². The topological polar surface area (TPSA) is 134 Å². The number of carbonyl (C=O) groups is 2. The van der Waals surface area contributed by atoms with Gasteiger partial charge in [-0.05, 0) is 38.5 Å². The fourth-order valence-electron chi connectivity index (χ4n) is 4.57. The van der Waals surface area contributed by atoms with Crippen molar-refractivity contribution < 1.29 is 37.6 Å². The molecule has 43 heavy (non-hydrogen) atoms. The summed E-state index contributed by atoms with van der Waals surface area (Å²) in [6, 6.07) is 0. The van der Waals surface area contributed by atoms with Crippen LogP contribution < -0.4 is 5.73 Å². The molecule has 0 aromatic carbocycles. The predicted octanol–water partition coefficient (Wildman–Crippen LogP) is 8.71. The molecule has 10 heteroatoms. The first-order valence-corrected chi connectivity index (χ1v) is 18.7. The number of nitrogens with two attached hydrogens (primary N) is 1. The maximum atomic E-state index is 12.4. The van der Waals surface area contributed by atoms with Crippen molar-refractivity contribution in [1.82, 2.24) is 0 Å². The second-order valence-corrected chi connectivity index (χ2v) is 12.8. The summed E-state index contributed by atoms with van der Waals surface area (Å²) in [6.45, 7) is 3.58. The highest BCUT2D eigenvalue weighted by atomic mass is 31.2. The van der Waals surface area contributed by atoms with Crippen LogP contribution in [0.25, 0.3) is 0 Å². The number of phosphoric acid groups is 1. The van der Waals surface area contributed by atoms with E-state index in [4.69, 9.17) is 24.3 Å². The van der Waals surface area contributed by atoms with Gasteiger partial charge in [0.15, 0.2) is 6.10 Å². The van der Waals surface area contributed by atoms with Crippen LogP contribution in [0.2, 0.25) is 0 Å². The van der Waals surface area contributed by atoms with E-state index in [1.54, 1.807) is 0 Å². The molecule has 0 aromatic heterocycles. The molecule has 2 atom stereocenters. The van der Waals surface area contributed by atoms with E-state index in [1.165, 1.54) is 70.6 Å². The molecule has 3 N–H and O–H groups in total. The van der Waals surface area contributed by atoms with E-state index in [0.29, 0.717) is 6.42 Å². The van der Waals surface area contributed by atoms with Gasteiger partial charge in [0.25, 0.3) is 0 Å². The zero-order chi connectivity index (χ0) is 31.9. The number of hydrogen-bond donors (Lipinski definition) is 2. The zero-order valence-corrected chi connectivity index (χ0v) is 28.3. The minimum absolute atomic E-state index is 0.0543. The molecule has 0 fully saturated rings. The monoisotopic (exact) mass is 633 g/mol. The molecule has 0 saturated carbocycles. The summed E-state index contributed by atoms with van der Waals surface area (Å²) in [4.78, 5) is 34.2. The molecule has 254 valence electrons. The molecule has 0 bridgehead atoms. The lowest BCUT2D eigenvalue weighted by molar-refractivity contribution is -0.161. The van der Waals surface area contributed by atoms with Crippen LogP contribution in [0.4, 0.5) is 0 Å². The van der Waals surface area contributed by atoms with Crippen molar-refractivity contribution >= 4 is 19.8 Å². The second-order valence-electron chi connectivity index (χ2n) is 11.4. The Morgan fingerprint density at radius 3 is 1.67 bits per heavy atom. The van der Waals surface area contributed by atoms with Crippen molar-refractivity contribution in [2.75, 3.05) is 26.4 Å². The number of unbranched alkanes of at least 4 members (excludes halogenated alkanes) is 17. The minimum atomic E-state index is -4.35. The Balaban J connectivity index is 4.07. The minimum Gasteiger partial charge on any atom is -0.462 e. The first-order chi connectivity index (χ1) is 20.8. The van der Waals surface area contributed by atoms with E-state index in [1.807, 2.05) is 0 Å². The van der Waals surface area contributed by atoms with Crippen LogP contribution in [-0.4, -0.2) is 49.3 Å². The summed E-state index contributed by atoms with van der Waals surface area (Å²) in [7, 11) is -4.35. The van der Waals surface area contributed by atoms with Crippen LogP contribution >= 0.6 is 7.82 Å². The summed E-state index contributed by atoms with van der Waals surface area (Å²) in [5.41, 5.74) is 5.29. The summed E-state index contributed by atoms with van der Waals surface area (Å²) in [6.07, 6.45) is 27.3. The van der Waals surface area contributed by atoms with Crippen LogP contribution in [0.15, 0.2) is 12.2 Å². The Kier molecular flexibility index (Phi) is 29.9. The molecular weight excluding hydrogens is 569 g/mol. The van der Waals surface area contributed by atoms with Crippen molar-refractivity contribution in [1.29, 1.82) is 0 Å². The lowest BCUT2D eigenvalue weighted by Crippen LogP contribution is -2.29. The van der Waals surface area contributed by atoms with Crippen LogP contribution in [-0.2, 0) is 32.7 Å². The molecule has 2 unspecified atom stereocenters. The Morgan fingerprint density at radius 1 is 0.674 bits per heavy atom. The van der Waals surface area contributed by atoms with Gasteiger partial charge in [-0.25, -0.2) is 4.57 Å². The molecule has 9 nitrogen and oxygen atoms in total.